The van der Waals surface area contributed by atoms with Crippen molar-refractivity contribution in [3.8, 4) is 0 Å². The van der Waals surface area contributed by atoms with E-state index in [0.29, 0.717) is 12.1 Å². The summed E-state index contributed by atoms with van der Waals surface area (Å²) in [4.78, 5) is 15.2. The molecule has 1 heterocycles. The van der Waals surface area contributed by atoms with Crippen LogP contribution in [0.15, 0.2) is 30.5 Å². The molecule has 0 bridgehead atoms. The van der Waals surface area contributed by atoms with E-state index in [2.05, 4.69) is 10.3 Å². The normalized spacial score (nSPS) is 11.7. The smallest absolute Gasteiger partial charge is 0.251 e. The van der Waals surface area contributed by atoms with Crippen molar-refractivity contribution in [2.75, 3.05) is 13.2 Å². The highest BCUT2D eigenvalue weighted by atomic mass is 16.3. The van der Waals surface area contributed by atoms with Gasteiger partial charge < -0.3 is 15.4 Å². The molecule has 2 rings (SSSR count). The maximum atomic E-state index is 12.1. The molecule has 0 aliphatic rings. The molecule has 0 fully saturated rings. The first-order chi connectivity index (χ1) is 8.53. The van der Waals surface area contributed by atoms with E-state index >= 15 is 0 Å². The van der Waals surface area contributed by atoms with E-state index < -0.39 is 0 Å². The number of hydrogen-bond acceptors (Lipinski definition) is 2. The Hall–Kier alpha value is -1.81. The number of amides is 1. The molecule has 0 saturated heterocycles. The molecule has 0 unspecified atom stereocenters. The molecule has 4 nitrogen and oxygen atoms in total. The molecular weight excluding hydrogens is 228 g/mol. The summed E-state index contributed by atoms with van der Waals surface area (Å²) in [7, 11) is 0. The Labute approximate surface area is 106 Å². The first-order valence-electron chi connectivity index (χ1n) is 5.99. The molecular formula is C14H18N2O2. The number of H-pyrrole nitrogens is 1. The van der Waals surface area contributed by atoms with Gasteiger partial charge in [0.2, 0.25) is 0 Å². The summed E-state index contributed by atoms with van der Waals surface area (Å²) in [6, 6.07) is 7.48. The third-order valence-electron chi connectivity index (χ3n) is 3.00. The number of fused-ring (bicyclic) bond motifs is 1. The van der Waals surface area contributed by atoms with Crippen LogP contribution in [0.4, 0.5) is 0 Å². The number of hydrogen-bond donors (Lipinski definition) is 3. The second kappa shape index (κ2) is 4.82. The number of benzene rings is 1. The predicted molar refractivity (Wildman–Crippen MR) is 71.5 cm³/mol. The van der Waals surface area contributed by atoms with E-state index in [1.165, 1.54) is 0 Å². The average molecular weight is 246 g/mol. The molecule has 0 spiro atoms. The number of nitrogens with one attached hydrogen (secondary N) is 2. The lowest BCUT2D eigenvalue weighted by molar-refractivity contribution is 0.0912. The van der Waals surface area contributed by atoms with Crippen LogP contribution >= 0.6 is 0 Å². The first-order valence-corrected chi connectivity index (χ1v) is 5.99. The average Bonchev–Trinajstić information content (AvgIpc) is 2.84. The summed E-state index contributed by atoms with van der Waals surface area (Å²) in [6.45, 7) is 4.30. The van der Waals surface area contributed by atoms with Gasteiger partial charge in [-0.1, -0.05) is 19.9 Å². The quantitative estimate of drug-likeness (QED) is 0.771. The van der Waals surface area contributed by atoms with E-state index in [0.717, 1.165) is 10.9 Å². The zero-order chi connectivity index (χ0) is 13.2. The molecule has 1 aromatic heterocycles. The van der Waals surface area contributed by atoms with Gasteiger partial charge in [0.1, 0.15) is 0 Å². The zero-order valence-corrected chi connectivity index (χ0v) is 10.7. The maximum absolute atomic E-state index is 12.1. The number of aliphatic hydroxyl groups excluding tert-OH is 1. The highest BCUT2D eigenvalue weighted by Gasteiger charge is 2.18. The monoisotopic (exact) mass is 246 g/mol. The van der Waals surface area contributed by atoms with E-state index in [1.807, 2.05) is 38.2 Å². The molecule has 18 heavy (non-hydrogen) atoms. The highest BCUT2D eigenvalue weighted by Crippen LogP contribution is 2.18. The molecule has 0 radical (unpaired) electrons. The van der Waals surface area contributed by atoms with E-state index in [4.69, 9.17) is 5.11 Å². The van der Waals surface area contributed by atoms with Crippen molar-refractivity contribution in [2.24, 2.45) is 5.41 Å². The summed E-state index contributed by atoms with van der Waals surface area (Å²) in [5.74, 6) is -0.110. The Morgan fingerprint density at radius 3 is 2.89 bits per heavy atom. The van der Waals surface area contributed by atoms with Crippen LogP contribution in [0.3, 0.4) is 0 Å². The van der Waals surface area contributed by atoms with Gasteiger partial charge in [-0.2, -0.15) is 0 Å². The molecule has 2 aromatic rings. The molecule has 3 N–H and O–H groups in total. The van der Waals surface area contributed by atoms with Gasteiger partial charge in [0.05, 0.1) is 0 Å². The number of aromatic nitrogens is 1. The van der Waals surface area contributed by atoms with Crippen LogP contribution in [-0.4, -0.2) is 29.1 Å². The van der Waals surface area contributed by atoms with Crippen molar-refractivity contribution in [1.29, 1.82) is 0 Å². The lowest BCUT2D eigenvalue weighted by atomic mass is 9.95. The van der Waals surface area contributed by atoms with Crippen molar-refractivity contribution < 1.29 is 9.90 Å². The molecule has 96 valence electrons. The topological polar surface area (TPSA) is 65.1 Å². The van der Waals surface area contributed by atoms with E-state index in [-0.39, 0.29) is 17.9 Å². The van der Waals surface area contributed by atoms with E-state index in [9.17, 15) is 4.79 Å². The van der Waals surface area contributed by atoms with Gasteiger partial charge in [0.15, 0.2) is 0 Å². The summed E-state index contributed by atoms with van der Waals surface area (Å²) >= 11 is 0. The van der Waals surface area contributed by atoms with Crippen LogP contribution in [0.25, 0.3) is 10.9 Å². The van der Waals surface area contributed by atoms with Gasteiger partial charge in [-0.05, 0) is 18.2 Å². The standard InChI is InChI=1S/C14H18N2O2/c1-14(2,9-17)8-16-13(18)11-4-3-5-12-10(11)6-7-15-12/h3-7,15,17H,8-9H2,1-2H3,(H,16,18). The van der Waals surface area contributed by atoms with Crippen LogP contribution in [0, 0.1) is 5.41 Å². The van der Waals surface area contributed by atoms with Gasteiger partial charge in [-0.15, -0.1) is 0 Å². The van der Waals surface area contributed by atoms with Gasteiger partial charge in [0.25, 0.3) is 5.91 Å². The third kappa shape index (κ3) is 2.54. The number of carbonyl (C=O) groups excluding carboxylic acids is 1. The maximum Gasteiger partial charge on any atom is 0.251 e. The minimum absolute atomic E-state index is 0.0433. The largest absolute Gasteiger partial charge is 0.396 e. The van der Waals surface area contributed by atoms with Crippen LogP contribution in [0.5, 0.6) is 0 Å². The SMILES string of the molecule is CC(C)(CO)CNC(=O)c1cccc2[nH]ccc12. The minimum atomic E-state index is -0.304. The fraction of sp³-hybridized carbons (Fsp3) is 0.357. The van der Waals surface area contributed by atoms with Crippen molar-refractivity contribution in [3.05, 3.63) is 36.0 Å². The number of aliphatic hydroxyl groups is 1. The summed E-state index contributed by atoms with van der Waals surface area (Å²) in [6.07, 6.45) is 1.82. The van der Waals surface area contributed by atoms with Gasteiger partial charge in [-0.3, -0.25) is 4.79 Å². The molecule has 0 aliphatic heterocycles. The summed E-state index contributed by atoms with van der Waals surface area (Å²) in [5, 5.41) is 12.9. The minimum Gasteiger partial charge on any atom is -0.396 e. The number of aromatic amines is 1. The van der Waals surface area contributed by atoms with Crippen LogP contribution < -0.4 is 5.32 Å². The van der Waals surface area contributed by atoms with Gasteiger partial charge in [0, 0.05) is 41.2 Å². The Balaban J connectivity index is 2.17. The first kappa shape index (κ1) is 12.6. The van der Waals surface area contributed by atoms with Crippen molar-refractivity contribution in [3.63, 3.8) is 0 Å². The molecule has 1 aromatic carbocycles. The second-order valence-corrected chi connectivity index (χ2v) is 5.25. The zero-order valence-electron chi connectivity index (χ0n) is 10.7. The summed E-state index contributed by atoms with van der Waals surface area (Å²) < 4.78 is 0. The molecule has 0 saturated carbocycles. The Morgan fingerprint density at radius 1 is 1.39 bits per heavy atom. The summed E-state index contributed by atoms with van der Waals surface area (Å²) in [5.41, 5.74) is 1.30. The van der Waals surface area contributed by atoms with Crippen molar-refractivity contribution in [2.45, 2.75) is 13.8 Å². The van der Waals surface area contributed by atoms with Crippen molar-refractivity contribution in [1.82, 2.24) is 10.3 Å². The number of carbonyl (C=O) groups is 1. The predicted octanol–water partition coefficient (Wildman–Crippen LogP) is 1.92. The lowest BCUT2D eigenvalue weighted by Gasteiger charge is -2.21. The second-order valence-electron chi connectivity index (χ2n) is 5.25. The molecule has 4 heteroatoms. The van der Waals surface area contributed by atoms with Gasteiger partial charge in [-0.25, -0.2) is 0 Å². The number of rotatable bonds is 4. The lowest BCUT2D eigenvalue weighted by Crippen LogP contribution is -2.36. The Bertz CT molecular complexity index is 558. The van der Waals surface area contributed by atoms with Crippen molar-refractivity contribution >= 4 is 16.8 Å². The Morgan fingerprint density at radius 2 is 2.17 bits per heavy atom. The molecule has 0 aliphatic carbocycles. The van der Waals surface area contributed by atoms with Crippen LogP contribution in [0.1, 0.15) is 24.2 Å². The third-order valence-corrected chi connectivity index (χ3v) is 3.00. The highest BCUT2D eigenvalue weighted by molar-refractivity contribution is 6.06. The van der Waals surface area contributed by atoms with Crippen LogP contribution in [0.2, 0.25) is 0 Å². The fourth-order valence-electron chi connectivity index (χ4n) is 1.75. The van der Waals surface area contributed by atoms with Crippen LogP contribution in [-0.2, 0) is 0 Å². The molecule has 0 atom stereocenters. The fourth-order valence-corrected chi connectivity index (χ4v) is 1.75. The molecule has 1 amide bonds. The van der Waals surface area contributed by atoms with E-state index in [1.54, 1.807) is 6.07 Å². The Kier molecular flexibility index (Phi) is 3.39. The van der Waals surface area contributed by atoms with Gasteiger partial charge >= 0.3 is 0 Å².